The van der Waals surface area contributed by atoms with Gasteiger partial charge in [-0.2, -0.15) is 0 Å². The molecule has 1 aliphatic rings. The molecule has 0 unspecified atom stereocenters. The summed E-state index contributed by atoms with van der Waals surface area (Å²) < 4.78 is 5.38. The first-order valence-electron chi connectivity index (χ1n) is 9.85. The largest absolute Gasteiger partial charge is 0.493 e. The number of para-hydroxylation sites is 1. The summed E-state index contributed by atoms with van der Waals surface area (Å²) >= 11 is 1.79. The third-order valence-electron chi connectivity index (χ3n) is 5.37. The van der Waals surface area contributed by atoms with E-state index in [0.29, 0.717) is 18.2 Å². The van der Waals surface area contributed by atoms with Gasteiger partial charge in [0.1, 0.15) is 0 Å². The van der Waals surface area contributed by atoms with Crippen LogP contribution in [-0.4, -0.2) is 44.4 Å². The van der Waals surface area contributed by atoms with Crippen molar-refractivity contribution in [1.29, 1.82) is 0 Å². The second-order valence-electron chi connectivity index (χ2n) is 7.49. The molecule has 0 spiro atoms. The zero-order valence-corrected chi connectivity index (χ0v) is 18.1. The van der Waals surface area contributed by atoms with E-state index in [2.05, 4.69) is 60.2 Å². The first-order chi connectivity index (χ1) is 13.5. The predicted molar refractivity (Wildman–Crippen MR) is 119 cm³/mol. The average molecular weight is 399 g/mol. The maximum absolute atomic E-state index is 12.9. The lowest BCUT2D eigenvalue weighted by molar-refractivity contribution is 0.248. The zero-order valence-electron chi connectivity index (χ0n) is 17.3. The van der Waals surface area contributed by atoms with Crippen molar-refractivity contribution in [1.82, 2.24) is 4.90 Å². The number of nitrogens with zero attached hydrogens (tertiary/aromatic N) is 2. The first-order valence-corrected chi connectivity index (χ1v) is 11.1. The lowest BCUT2D eigenvalue weighted by Gasteiger charge is -2.36. The summed E-state index contributed by atoms with van der Waals surface area (Å²) in [6, 6.07) is 14.5. The van der Waals surface area contributed by atoms with E-state index in [-0.39, 0.29) is 5.43 Å². The highest BCUT2D eigenvalue weighted by Crippen LogP contribution is 2.29. The van der Waals surface area contributed by atoms with Crippen molar-refractivity contribution >= 4 is 17.4 Å². The fraction of sp³-hybridized carbons (Fsp3) is 0.435. The number of thioether (sulfide) groups is 1. The number of hydrogen-bond donors (Lipinski definition) is 0. The average Bonchev–Trinajstić information content (AvgIpc) is 2.88. The molecule has 3 rings (SSSR count). The second kappa shape index (κ2) is 9.48. The van der Waals surface area contributed by atoms with Gasteiger partial charge >= 0.3 is 0 Å². The van der Waals surface area contributed by atoms with Crippen LogP contribution in [0.3, 0.4) is 0 Å². The van der Waals surface area contributed by atoms with E-state index in [4.69, 9.17) is 4.74 Å². The Kier molecular flexibility index (Phi) is 7.03. The topological polar surface area (TPSA) is 32.8 Å². The number of hydrogen-bond acceptors (Lipinski definition) is 5. The van der Waals surface area contributed by atoms with Gasteiger partial charge in [-0.1, -0.05) is 38.1 Å². The molecule has 0 N–H and O–H groups in total. The molecular weight excluding hydrogens is 368 g/mol. The van der Waals surface area contributed by atoms with Gasteiger partial charge in [-0.05, 0) is 35.9 Å². The molecule has 1 heterocycles. The van der Waals surface area contributed by atoms with Crippen LogP contribution in [0.25, 0.3) is 0 Å². The number of rotatable bonds is 6. The molecule has 2 aromatic carbocycles. The van der Waals surface area contributed by atoms with E-state index in [1.807, 2.05) is 12.1 Å². The maximum Gasteiger partial charge on any atom is 0.224 e. The van der Waals surface area contributed by atoms with E-state index in [0.717, 1.165) is 37.3 Å². The van der Waals surface area contributed by atoms with Crippen molar-refractivity contribution in [3.8, 4) is 5.75 Å². The van der Waals surface area contributed by atoms with Crippen molar-refractivity contribution in [3.05, 3.63) is 63.8 Å². The van der Waals surface area contributed by atoms with Gasteiger partial charge in [0.05, 0.1) is 12.8 Å². The number of anilines is 1. The molecule has 28 heavy (non-hydrogen) atoms. The molecule has 0 saturated carbocycles. The van der Waals surface area contributed by atoms with Gasteiger partial charge in [0, 0.05) is 43.2 Å². The van der Waals surface area contributed by atoms with Crippen molar-refractivity contribution in [2.75, 3.05) is 44.4 Å². The lowest BCUT2D eigenvalue weighted by atomic mass is 10.1. The standard InChI is InChI=1S/C23H30N2O2S/c1-17(2)18-9-10-19(23(26)21(15-18)27-3)16-24-11-13-25(14-12-24)20-7-5-6-8-22(20)28-4/h5-10,15,17H,11-14,16H2,1-4H3. The third kappa shape index (κ3) is 4.70. The van der Waals surface area contributed by atoms with E-state index in [1.54, 1.807) is 18.9 Å². The van der Waals surface area contributed by atoms with Gasteiger partial charge in [-0.15, -0.1) is 11.8 Å². The Morgan fingerprint density at radius 1 is 1.07 bits per heavy atom. The zero-order chi connectivity index (χ0) is 20.1. The van der Waals surface area contributed by atoms with E-state index in [9.17, 15) is 4.79 Å². The summed E-state index contributed by atoms with van der Waals surface area (Å²) in [5.41, 5.74) is 3.25. The maximum atomic E-state index is 12.9. The van der Waals surface area contributed by atoms with Crippen LogP contribution in [0.1, 0.15) is 30.9 Å². The minimum absolute atomic E-state index is 0.00422. The number of piperazine rings is 1. The van der Waals surface area contributed by atoms with Crippen molar-refractivity contribution < 1.29 is 4.74 Å². The summed E-state index contributed by atoms with van der Waals surface area (Å²) in [5.74, 6) is 0.796. The van der Waals surface area contributed by atoms with Crippen LogP contribution in [0.4, 0.5) is 5.69 Å². The molecule has 0 aromatic heterocycles. The highest BCUT2D eigenvalue weighted by Gasteiger charge is 2.20. The molecule has 5 heteroatoms. The van der Waals surface area contributed by atoms with Crippen LogP contribution in [0, 0.1) is 0 Å². The quantitative estimate of drug-likeness (QED) is 0.680. The molecule has 4 nitrogen and oxygen atoms in total. The molecule has 1 aliphatic heterocycles. The third-order valence-corrected chi connectivity index (χ3v) is 6.15. The van der Waals surface area contributed by atoms with Gasteiger partial charge in [-0.3, -0.25) is 9.69 Å². The van der Waals surface area contributed by atoms with Crippen LogP contribution in [0.2, 0.25) is 0 Å². The highest BCUT2D eigenvalue weighted by atomic mass is 32.2. The van der Waals surface area contributed by atoms with Crippen molar-refractivity contribution in [3.63, 3.8) is 0 Å². The fourth-order valence-electron chi connectivity index (χ4n) is 3.61. The summed E-state index contributed by atoms with van der Waals surface area (Å²) in [4.78, 5) is 19.0. The smallest absolute Gasteiger partial charge is 0.224 e. The first kappa shape index (κ1) is 20.7. The van der Waals surface area contributed by atoms with E-state index < -0.39 is 0 Å². The van der Waals surface area contributed by atoms with Crippen molar-refractivity contribution in [2.24, 2.45) is 0 Å². The Balaban J connectivity index is 1.73. The lowest BCUT2D eigenvalue weighted by Crippen LogP contribution is -2.46. The molecule has 1 saturated heterocycles. The van der Waals surface area contributed by atoms with Gasteiger partial charge in [0.2, 0.25) is 5.43 Å². The molecule has 0 aliphatic carbocycles. The minimum atomic E-state index is 0.00422. The fourth-order valence-corrected chi connectivity index (χ4v) is 4.23. The Labute approximate surface area is 172 Å². The normalized spacial score (nSPS) is 15.1. The molecule has 0 radical (unpaired) electrons. The Morgan fingerprint density at radius 2 is 1.79 bits per heavy atom. The number of methoxy groups -OCH3 is 1. The molecule has 2 aromatic rings. The van der Waals surface area contributed by atoms with E-state index >= 15 is 0 Å². The Bertz CT molecular complexity index is 861. The molecule has 0 atom stereocenters. The monoisotopic (exact) mass is 398 g/mol. The van der Waals surface area contributed by atoms with Crippen LogP contribution >= 0.6 is 11.8 Å². The summed E-state index contributed by atoms with van der Waals surface area (Å²) in [6.07, 6.45) is 2.12. The van der Waals surface area contributed by atoms with Crippen LogP contribution in [-0.2, 0) is 6.54 Å². The Hall–Kier alpha value is -1.98. The molecular formula is C23H30N2O2S. The summed E-state index contributed by atoms with van der Waals surface area (Å²) in [6.45, 7) is 8.76. The van der Waals surface area contributed by atoms with Gasteiger partial charge in [-0.25, -0.2) is 0 Å². The SMILES string of the molecule is COc1cc(C(C)C)ccc(CN2CCN(c3ccccc3SC)CC2)c1=O. The van der Waals surface area contributed by atoms with Gasteiger partial charge < -0.3 is 9.64 Å². The van der Waals surface area contributed by atoms with Gasteiger partial charge in [0.25, 0.3) is 0 Å². The summed E-state index contributed by atoms with van der Waals surface area (Å²) in [7, 11) is 1.58. The minimum Gasteiger partial charge on any atom is -0.493 e. The van der Waals surface area contributed by atoms with Crippen molar-refractivity contribution in [2.45, 2.75) is 31.2 Å². The number of benzene rings is 1. The van der Waals surface area contributed by atoms with Gasteiger partial charge in [0.15, 0.2) is 5.75 Å². The molecule has 0 bridgehead atoms. The van der Waals surface area contributed by atoms with Crippen LogP contribution in [0.15, 0.2) is 52.2 Å². The molecule has 150 valence electrons. The van der Waals surface area contributed by atoms with Crippen LogP contribution < -0.4 is 15.1 Å². The second-order valence-corrected chi connectivity index (χ2v) is 8.34. The predicted octanol–water partition coefficient (Wildman–Crippen LogP) is 4.22. The molecule has 0 amide bonds. The van der Waals surface area contributed by atoms with Crippen LogP contribution in [0.5, 0.6) is 5.75 Å². The summed E-state index contributed by atoms with van der Waals surface area (Å²) in [5, 5.41) is 0. The number of ether oxygens (including phenoxy) is 1. The Morgan fingerprint density at radius 3 is 2.43 bits per heavy atom. The van der Waals surface area contributed by atoms with E-state index in [1.165, 1.54) is 10.6 Å². The highest BCUT2D eigenvalue weighted by molar-refractivity contribution is 7.98. The molecule has 1 fully saturated rings.